The Hall–Kier alpha value is -0.0400. The molecule has 0 radical (unpaired) electrons. The summed E-state index contributed by atoms with van der Waals surface area (Å²) in [6.45, 7) is 16.4. The summed E-state index contributed by atoms with van der Waals surface area (Å²) < 4.78 is 5.87. The maximum atomic E-state index is 5.87. The lowest BCUT2D eigenvalue weighted by Crippen LogP contribution is -2.30. The van der Waals surface area contributed by atoms with Gasteiger partial charge in [-0.25, -0.2) is 0 Å². The van der Waals surface area contributed by atoms with E-state index in [2.05, 4.69) is 48.5 Å². The fraction of sp³-hybridized carbons (Fsp3) is 1.00. The van der Waals surface area contributed by atoms with Crippen LogP contribution in [0.1, 0.15) is 61.3 Å². The van der Waals surface area contributed by atoms with Crippen molar-refractivity contribution in [2.45, 2.75) is 66.9 Å². The van der Waals surface area contributed by atoms with Crippen LogP contribution in [0, 0.1) is 11.3 Å². The third kappa shape index (κ3) is 6.42. The molecule has 0 aliphatic heterocycles. The van der Waals surface area contributed by atoms with Crippen molar-refractivity contribution in [3.8, 4) is 0 Å². The zero-order valence-corrected chi connectivity index (χ0v) is 11.1. The Morgan fingerprint density at radius 3 is 1.79 bits per heavy atom. The van der Waals surface area contributed by atoms with Crippen LogP contribution in [0.2, 0.25) is 0 Å². The van der Waals surface area contributed by atoms with Crippen molar-refractivity contribution in [1.29, 1.82) is 0 Å². The van der Waals surface area contributed by atoms with Gasteiger partial charge in [-0.15, -0.1) is 0 Å². The first-order valence-electron chi connectivity index (χ1n) is 5.81. The molecule has 1 unspecified atom stereocenters. The SMILES string of the molecule is CCCC(COC(C)(C)C)C(C)(C)C. The number of ether oxygens (including phenoxy) is 1. The molecule has 0 aliphatic rings. The minimum Gasteiger partial charge on any atom is -0.376 e. The highest BCUT2D eigenvalue weighted by molar-refractivity contribution is 4.74. The van der Waals surface area contributed by atoms with Gasteiger partial charge in [0.1, 0.15) is 0 Å². The van der Waals surface area contributed by atoms with Crippen molar-refractivity contribution in [1.82, 2.24) is 0 Å². The summed E-state index contributed by atoms with van der Waals surface area (Å²) in [5.41, 5.74) is 0.360. The van der Waals surface area contributed by atoms with Crippen LogP contribution in [0.3, 0.4) is 0 Å². The topological polar surface area (TPSA) is 9.23 Å². The Morgan fingerprint density at radius 2 is 1.50 bits per heavy atom. The molecule has 0 saturated heterocycles. The van der Waals surface area contributed by atoms with Gasteiger partial charge in [0.25, 0.3) is 0 Å². The predicted octanol–water partition coefficient (Wildman–Crippen LogP) is 4.26. The third-order valence-corrected chi connectivity index (χ3v) is 2.58. The van der Waals surface area contributed by atoms with E-state index in [0.717, 1.165) is 6.61 Å². The van der Waals surface area contributed by atoms with E-state index >= 15 is 0 Å². The number of hydrogen-bond acceptors (Lipinski definition) is 1. The van der Waals surface area contributed by atoms with Crippen molar-refractivity contribution < 1.29 is 4.74 Å². The van der Waals surface area contributed by atoms with Crippen LogP contribution in [0.4, 0.5) is 0 Å². The van der Waals surface area contributed by atoms with Crippen LogP contribution < -0.4 is 0 Å². The summed E-state index contributed by atoms with van der Waals surface area (Å²) >= 11 is 0. The molecular formula is C13H28O. The molecule has 0 fully saturated rings. The monoisotopic (exact) mass is 200 g/mol. The third-order valence-electron chi connectivity index (χ3n) is 2.58. The van der Waals surface area contributed by atoms with E-state index in [1.54, 1.807) is 0 Å². The fourth-order valence-corrected chi connectivity index (χ4v) is 1.47. The fourth-order valence-electron chi connectivity index (χ4n) is 1.47. The van der Waals surface area contributed by atoms with E-state index in [4.69, 9.17) is 4.74 Å². The number of rotatable bonds is 4. The molecule has 14 heavy (non-hydrogen) atoms. The second-order valence-electron chi connectivity index (χ2n) is 6.28. The van der Waals surface area contributed by atoms with Crippen LogP contribution in [0.25, 0.3) is 0 Å². The average Bonchev–Trinajstić information content (AvgIpc) is 1.93. The van der Waals surface area contributed by atoms with Crippen molar-refractivity contribution >= 4 is 0 Å². The summed E-state index contributed by atoms with van der Waals surface area (Å²) in [6, 6.07) is 0. The van der Waals surface area contributed by atoms with Gasteiger partial charge in [0, 0.05) is 0 Å². The van der Waals surface area contributed by atoms with Gasteiger partial charge in [-0.2, -0.15) is 0 Å². The van der Waals surface area contributed by atoms with E-state index in [1.807, 2.05) is 0 Å². The molecule has 0 aromatic rings. The first-order chi connectivity index (χ1) is 6.17. The maximum absolute atomic E-state index is 5.87. The van der Waals surface area contributed by atoms with Crippen molar-refractivity contribution in [3.63, 3.8) is 0 Å². The molecule has 0 amide bonds. The summed E-state index contributed by atoms with van der Waals surface area (Å²) in [7, 11) is 0. The molecule has 0 N–H and O–H groups in total. The second-order valence-corrected chi connectivity index (χ2v) is 6.28. The lowest BCUT2D eigenvalue weighted by molar-refractivity contribution is -0.0434. The van der Waals surface area contributed by atoms with Crippen molar-refractivity contribution in [2.75, 3.05) is 6.61 Å². The zero-order valence-electron chi connectivity index (χ0n) is 11.1. The van der Waals surface area contributed by atoms with Gasteiger partial charge < -0.3 is 4.74 Å². The van der Waals surface area contributed by atoms with Gasteiger partial charge in [-0.05, 0) is 38.5 Å². The van der Waals surface area contributed by atoms with Gasteiger partial charge in [0.15, 0.2) is 0 Å². The molecule has 0 aliphatic carbocycles. The van der Waals surface area contributed by atoms with Gasteiger partial charge in [0.05, 0.1) is 12.2 Å². The van der Waals surface area contributed by atoms with Gasteiger partial charge >= 0.3 is 0 Å². The second kappa shape index (κ2) is 5.16. The highest BCUT2D eigenvalue weighted by Crippen LogP contribution is 2.30. The van der Waals surface area contributed by atoms with E-state index < -0.39 is 0 Å². The lowest BCUT2D eigenvalue weighted by atomic mass is 9.78. The molecule has 0 heterocycles. The van der Waals surface area contributed by atoms with Crippen molar-refractivity contribution in [3.05, 3.63) is 0 Å². The number of hydrogen-bond donors (Lipinski definition) is 0. The highest BCUT2D eigenvalue weighted by atomic mass is 16.5. The van der Waals surface area contributed by atoms with Crippen LogP contribution in [-0.2, 0) is 4.74 Å². The Bertz CT molecular complexity index is 148. The Kier molecular flexibility index (Phi) is 5.14. The first-order valence-corrected chi connectivity index (χ1v) is 5.81. The normalized spacial score (nSPS) is 15.6. The molecule has 1 heteroatoms. The molecule has 1 atom stereocenters. The Balaban J connectivity index is 4.12. The van der Waals surface area contributed by atoms with Crippen LogP contribution >= 0.6 is 0 Å². The van der Waals surface area contributed by atoms with Crippen LogP contribution in [0.5, 0.6) is 0 Å². The summed E-state index contributed by atoms with van der Waals surface area (Å²) in [6.07, 6.45) is 2.51. The van der Waals surface area contributed by atoms with Gasteiger partial charge in [-0.3, -0.25) is 0 Å². The predicted molar refractivity (Wildman–Crippen MR) is 63.6 cm³/mol. The van der Waals surface area contributed by atoms with Crippen LogP contribution in [0.15, 0.2) is 0 Å². The molecule has 1 nitrogen and oxygen atoms in total. The quantitative estimate of drug-likeness (QED) is 0.658. The van der Waals surface area contributed by atoms with E-state index in [1.165, 1.54) is 12.8 Å². The van der Waals surface area contributed by atoms with Crippen LogP contribution in [-0.4, -0.2) is 12.2 Å². The van der Waals surface area contributed by atoms with Gasteiger partial charge in [0.2, 0.25) is 0 Å². The van der Waals surface area contributed by atoms with E-state index in [-0.39, 0.29) is 5.60 Å². The summed E-state index contributed by atoms with van der Waals surface area (Å²) in [5, 5.41) is 0. The zero-order chi connectivity index (χ0) is 11.4. The van der Waals surface area contributed by atoms with E-state index in [0.29, 0.717) is 11.3 Å². The standard InChI is InChI=1S/C13H28O/c1-8-9-11(12(2,3)4)10-14-13(5,6)7/h11H,8-10H2,1-7H3. The maximum Gasteiger partial charge on any atom is 0.0598 e. The highest BCUT2D eigenvalue weighted by Gasteiger charge is 2.25. The van der Waals surface area contributed by atoms with Crippen molar-refractivity contribution in [2.24, 2.45) is 11.3 Å². The average molecular weight is 200 g/mol. The first kappa shape index (κ1) is 14.0. The molecule has 0 aromatic carbocycles. The Labute approximate surface area is 90.2 Å². The molecule has 0 rings (SSSR count). The Morgan fingerprint density at radius 1 is 1.00 bits per heavy atom. The lowest BCUT2D eigenvalue weighted by Gasteiger charge is -2.33. The summed E-state index contributed by atoms with van der Waals surface area (Å²) in [5.74, 6) is 0.673. The molecule has 0 spiro atoms. The molecule has 0 bridgehead atoms. The minimum absolute atomic E-state index is 0.00274. The largest absolute Gasteiger partial charge is 0.376 e. The summed E-state index contributed by atoms with van der Waals surface area (Å²) in [4.78, 5) is 0. The molecule has 0 aromatic heterocycles. The van der Waals surface area contributed by atoms with E-state index in [9.17, 15) is 0 Å². The minimum atomic E-state index is -0.00274. The molecular weight excluding hydrogens is 172 g/mol. The molecule has 0 saturated carbocycles. The van der Waals surface area contributed by atoms with Gasteiger partial charge in [-0.1, -0.05) is 34.1 Å². The smallest absolute Gasteiger partial charge is 0.0598 e. The molecule has 86 valence electrons.